The first-order valence-corrected chi connectivity index (χ1v) is 10.1. The number of anilines is 1. The van der Waals surface area contributed by atoms with Gasteiger partial charge >= 0.3 is 0 Å². The number of hydrogen-bond acceptors (Lipinski definition) is 3. The van der Waals surface area contributed by atoms with Crippen molar-refractivity contribution >= 4 is 49.5 Å². The zero-order valence-corrected chi connectivity index (χ0v) is 18.6. The number of carbonyl (C=O) groups is 1. The Morgan fingerprint density at radius 3 is 2.52 bits per heavy atom. The smallest absolute Gasteiger partial charge is 0.266 e. The zero-order chi connectivity index (χ0) is 20.0. The van der Waals surface area contributed by atoms with Crippen LogP contribution in [0.25, 0.3) is 6.08 Å². The summed E-state index contributed by atoms with van der Waals surface area (Å²) in [7, 11) is 0. The van der Waals surface area contributed by atoms with Gasteiger partial charge in [-0.1, -0.05) is 19.1 Å². The molecule has 2 rings (SSSR count). The van der Waals surface area contributed by atoms with Gasteiger partial charge in [-0.05, 0) is 93.1 Å². The van der Waals surface area contributed by atoms with Crippen LogP contribution in [-0.4, -0.2) is 12.5 Å². The first kappa shape index (κ1) is 21.2. The summed E-state index contributed by atoms with van der Waals surface area (Å²) in [6, 6.07) is 11.3. The molecule has 2 aromatic carbocycles. The van der Waals surface area contributed by atoms with E-state index in [0.29, 0.717) is 23.6 Å². The summed E-state index contributed by atoms with van der Waals surface area (Å²) in [4.78, 5) is 12.5. The number of amides is 1. The van der Waals surface area contributed by atoms with Crippen molar-refractivity contribution in [1.29, 1.82) is 5.26 Å². The largest absolute Gasteiger partial charge is 0.491 e. The van der Waals surface area contributed by atoms with Crippen molar-refractivity contribution in [3.8, 4) is 11.8 Å². The average Bonchev–Trinajstić information content (AvgIpc) is 2.62. The Morgan fingerprint density at radius 1 is 1.26 bits per heavy atom. The fourth-order valence-electron chi connectivity index (χ4n) is 2.40. The molecule has 140 valence electrons. The Hall–Kier alpha value is -2.10. The lowest BCUT2D eigenvalue weighted by Gasteiger charge is -2.11. The van der Waals surface area contributed by atoms with Crippen LogP contribution in [0.5, 0.6) is 5.75 Å². The van der Waals surface area contributed by atoms with E-state index in [1.165, 1.54) is 0 Å². The van der Waals surface area contributed by atoms with E-state index in [-0.39, 0.29) is 5.57 Å². The molecular formula is C21H20Br2N2O2. The van der Waals surface area contributed by atoms with Crippen molar-refractivity contribution in [3.05, 3.63) is 61.5 Å². The first-order chi connectivity index (χ1) is 12.9. The van der Waals surface area contributed by atoms with Gasteiger partial charge in [0.1, 0.15) is 17.4 Å². The summed E-state index contributed by atoms with van der Waals surface area (Å²) >= 11 is 6.96. The summed E-state index contributed by atoms with van der Waals surface area (Å²) in [5, 5.41) is 12.3. The van der Waals surface area contributed by atoms with Gasteiger partial charge in [0.25, 0.3) is 5.91 Å². The molecule has 0 aliphatic heterocycles. The summed E-state index contributed by atoms with van der Waals surface area (Å²) in [5.41, 5.74) is 3.49. The van der Waals surface area contributed by atoms with Gasteiger partial charge in [0.2, 0.25) is 0 Å². The molecule has 0 aliphatic carbocycles. The molecule has 0 fully saturated rings. The molecule has 4 nitrogen and oxygen atoms in total. The lowest BCUT2D eigenvalue weighted by molar-refractivity contribution is -0.112. The highest BCUT2D eigenvalue weighted by Gasteiger charge is 2.13. The van der Waals surface area contributed by atoms with Gasteiger partial charge in [0, 0.05) is 5.69 Å². The molecule has 0 radical (unpaired) electrons. The molecular weight excluding hydrogens is 472 g/mol. The van der Waals surface area contributed by atoms with Gasteiger partial charge in [-0.25, -0.2) is 0 Å². The van der Waals surface area contributed by atoms with Crippen LogP contribution in [0.3, 0.4) is 0 Å². The maximum atomic E-state index is 12.5. The number of nitrogens with zero attached hydrogens (tertiary/aromatic N) is 1. The Kier molecular flexibility index (Phi) is 7.64. The normalized spacial score (nSPS) is 11.0. The number of benzene rings is 2. The van der Waals surface area contributed by atoms with E-state index in [4.69, 9.17) is 4.74 Å². The highest BCUT2D eigenvalue weighted by Crippen LogP contribution is 2.35. The van der Waals surface area contributed by atoms with Gasteiger partial charge in [-0.15, -0.1) is 0 Å². The second-order valence-corrected chi connectivity index (χ2v) is 7.74. The maximum Gasteiger partial charge on any atom is 0.266 e. The van der Waals surface area contributed by atoms with Crippen molar-refractivity contribution in [2.45, 2.75) is 27.2 Å². The Labute approximate surface area is 176 Å². The number of carbonyl (C=O) groups excluding carboxylic acids is 1. The van der Waals surface area contributed by atoms with Crippen LogP contribution in [0.15, 0.2) is 44.9 Å². The van der Waals surface area contributed by atoms with E-state index < -0.39 is 5.91 Å². The Bertz CT molecular complexity index is 907. The third-order valence-electron chi connectivity index (χ3n) is 4.00. The molecule has 1 N–H and O–H groups in total. The fraction of sp³-hybridized carbons (Fsp3) is 0.238. The molecule has 0 atom stereocenters. The third-order valence-corrected chi connectivity index (χ3v) is 5.18. The van der Waals surface area contributed by atoms with Gasteiger partial charge in [-0.3, -0.25) is 4.79 Å². The summed E-state index contributed by atoms with van der Waals surface area (Å²) < 4.78 is 7.20. The molecule has 0 aliphatic rings. The quantitative estimate of drug-likeness (QED) is 0.388. The molecule has 0 aromatic heterocycles. The topological polar surface area (TPSA) is 62.1 Å². The SMILES string of the molecule is CCCOc1c(Br)cc(/C=C(\C#N)C(=O)Nc2cccc(C)c2C)cc1Br. The molecule has 2 aromatic rings. The van der Waals surface area contributed by atoms with E-state index in [0.717, 1.165) is 26.5 Å². The second kappa shape index (κ2) is 9.72. The van der Waals surface area contributed by atoms with Gasteiger partial charge in [-0.2, -0.15) is 5.26 Å². The monoisotopic (exact) mass is 490 g/mol. The molecule has 27 heavy (non-hydrogen) atoms. The lowest BCUT2D eigenvalue weighted by Crippen LogP contribution is -2.14. The van der Waals surface area contributed by atoms with E-state index in [1.807, 2.05) is 57.2 Å². The summed E-state index contributed by atoms with van der Waals surface area (Å²) in [6.07, 6.45) is 2.46. The van der Waals surface area contributed by atoms with Crippen LogP contribution < -0.4 is 10.1 Å². The third kappa shape index (κ3) is 5.44. The van der Waals surface area contributed by atoms with Crippen molar-refractivity contribution in [2.75, 3.05) is 11.9 Å². The van der Waals surface area contributed by atoms with Gasteiger partial charge < -0.3 is 10.1 Å². The predicted octanol–water partition coefficient (Wildman–Crippen LogP) is 6.16. The molecule has 0 unspecified atom stereocenters. The Balaban J connectivity index is 2.29. The van der Waals surface area contributed by atoms with Crippen LogP contribution >= 0.6 is 31.9 Å². The number of ether oxygens (including phenoxy) is 1. The second-order valence-electron chi connectivity index (χ2n) is 6.03. The highest BCUT2D eigenvalue weighted by atomic mass is 79.9. The van der Waals surface area contributed by atoms with Crippen LogP contribution in [0.4, 0.5) is 5.69 Å². The van der Waals surface area contributed by atoms with Crippen LogP contribution in [-0.2, 0) is 4.79 Å². The van der Waals surface area contributed by atoms with Crippen molar-refractivity contribution in [3.63, 3.8) is 0 Å². The van der Waals surface area contributed by atoms with Crippen LogP contribution in [0, 0.1) is 25.2 Å². The van der Waals surface area contributed by atoms with Crippen LogP contribution in [0.1, 0.15) is 30.0 Å². The lowest BCUT2D eigenvalue weighted by atomic mass is 10.1. The molecule has 1 amide bonds. The highest BCUT2D eigenvalue weighted by molar-refractivity contribution is 9.11. The number of hydrogen-bond donors (Lipinski definition) is 1. The van der Waals surface area contributed by atoms with E-state index >= 15 is 0 Å². The minimum absolute atomic E-state index is 0.0249. The summed E-state index contributed by atoms with van der Waals surface area (Å²) in [6.45, 7) is 6.55. The number of nitriles is 1. The number of halogens is 2. The minimum Gasteiger partial charge on any atom is -0.491 e. The minimum atomic E-state index is -0.440. The molecule has 0 spiro atoms. The molecule has 0 saturated carbocycles. The number of rotatable bonds is 6. The standard InChI is InChI=1S/C21H20Br2N2O2/c1-4-8-27-20-17(22)10-15(11-18(20)23)9-16(12-24)21(26)25-19-7-5-6-13(2)14(19)3/h5-7,9-11H,4,8H2,1-3H3,(H,25,26)/b16-9+. The fourth-order valence-corrected chi connectivity index (χ4v) is 3.85. The first-order valence-electron chi connectivity index (χ1n) is 8.48. The predicted molar refractivity (Wildman–Crippen MR) is 116 cm³/mol. The Morgan fingerprint density at radius 2 is 1.93 bits per heavy atom. The van der Waals surface area contributed by atoms with E-state index in [1.54, 1.807) is 6.08 Å². The maximum absolute atomic E-state index is 12.5. The van der Waals surface area contributed by atoms with Gasteiger partial charge in [0.05, 0.1) is 15.6 Å². The molecule has 6 heteroatoms. The van der Waals surface area contributed by atoms with E-state index in [9.17, 15) is 10.1 Å². The molecule has 0 heterocycles. The van der Waals surface area contributed by atoms with Gasteiger partial charge in [0.15, 0.2) is 0 Å². The van der Waals surface area contributed by atoms with Crippen molar-refractivity contribution in [2.24, 2.45) is 0 Å². The zero-order valence-electron chi connectivity index (χ0n) is 15.4. The number of nitrogens with one attached hydrogen (secondary N) is 1. The summed E-state index contributed by atoms with van der Waals surface area (Å²) in [5.74, 6) is 0.261. The molecule has 0 saturated heterocycles. The van der Waals surface area contributed by atoms with Crippen molar-refractivity contribution < 1.29 is 9.53 Å². The molecule has 0 bridgehead atoms. The van der Waals surface area contributed by atoms with Crippen LogP contribution in [0.2, 0.25) is 0 Å². The van der Waals surface area contributed by atoms with Crippen molar-refractivity contribution in [1.82, 2.24) is 0 Å². The number of aryl methyl sites for hydroxylation is 1. The average molecular weight is 492 g/mol. The van der Waals surface area contributed by atoms with E-state index in [2.05, 4.69) is 37.2 Å².